The lowest BCUT2D eigenvalue weighted by atomic mass is 9.95. The second kappa shape index (κ2) is 4.88. The molecule has 1 aromatic rings. The van der Waals surface area contributed by atoms with E-state index in [4.69, 9.17) is 10.5 Å². The Morgan fingerprint density at radius 3 is 2.81 bits per heavy atom. The molecule has 88 valence electrons. The van der Waals surface area contributed by atoms with E-state index in [1.807, 2.05) is 0 Å². The number of aryl methyl sites for hydroxylation is 1. The molecule has 1 aliphatic rings. The van der Waals surface area contributed by atoms with Crippen LogP contribution < -0.4 is 10.5 Å². The molecule has 0 aliphatic heterocycles. The van der Waals surface area contributed by atoms with Crippen molar-refractivity contribution in [1.29, 1.82) is 0 Å². The molecule has 0 bridgehead atoms. The van der Waals surface area contributed by atoms with E-state index in [0.717, 1.165) is 18.7 Å². The molecule has 0 spiro atoms. The lowest BCUT2D eigenvalue weighted by Gasteiger charge is -2.17. The standard InChI is InChI=1S/C14H21NO/c1-10-3-6-14(16-12-4-5-12)13(9-10)11(2)7-8-15/h3,6,9,11-12H,4-5,7-8,15H2,1-2H3. The van der Waals surface area contributed by atoms with Gasteiger partial charge in [0.2, 0.25) is 0 Å². The molecule has 0 saturated heterocycles. The van der Waals surface area contributed by atoms with Gasteiger partial charge in [-0.05, 0) is 50.3 Å². The van der Waals surface area contributed by atoms with E-state index in [1.165, 1.54) is 24.0 Å². The summed E-state index contributed by atoms with van der Waals surface area (Å²) >= 11 is 0. The van der Waals surface area contributed by atoms with Crippen LogP contribution in [-0.2, 0) is 0 Å². The number of hydrogen-bond donors (Lipinski definition) is 1. The van der Waals surface area contributed by atoms with Crippen LogP contribution in [0.5, 0.6) is 5.75 Å². The molecule has 2 nitrogen and oxygen atoms in total. The van der Waals surface area contributed by atoms with Crippen LogP contribution in [0, 0.1) is 6.92 Å². The summed E-state index contributed by atoms with van der Waals surface area (Å²) in [5, 5.41) is 0. The molecule has 2 rings (SSSR count). The van der Waals surface area contributed by atoms with Crippen molar-refractivity contribution in [2.45, 2.75) is 45.1 Å². The number of ether oxygens (including phenoxy) is 1. The van der Waals surface area contributed by atoms with Crippen LogP contribution in [0.4, 0.5) is 0 Å². The van der Waals surface area contributed by atoms with Crippen LogP contribution in [0.3, 0.4) is 0 Å². The van der Waals surface area contributed by atoms with E-state index in [0.29, 0.717) is 12.0 Å². The lowest BCUT2D eigenvalue weighted by molar-refractivity contribution is 0.298. The smallest absolute Gasteiger partial charge is 0.123 e. The quantitative estimate of drug-likeness (QED) is 0.826. The molecule has 0 radical (unpaired) electrons. The molecule has 0 amide bonds. The highest BCUT2D eigenvalue weighted by atomic mass is 16.5. The summed E-state index contributed by atoms with van der Waals surface area (Å²) in [6, 6.07) is 6.46. The van der Waals surface area contributed by atoms with Gasteiger partial charge in [0.05, 0.1) is 6.10 Å². The maximum atomic E-state index is 5.94. The van der Waals surface area contributed by atoms with Gasteiger partial charge in [0.1, 0.15) is 5.75 Å². The predicted molar refractivity (Wildman–Crippen MR) is 66.9 cm³/mol. The van der Waals surface area contributed by atoms with Crippen LogP contribution in [0.15, 0.2) is 18.2 Å². The first-order valence-electron chi connectivity index (χ1n) is 6.18. The van der Waals surface area contributed by atoms with Crippen molar-refractivity contribution in [3.63, 3.8) is 0 Å². The Morgan fingerprint density at radius 2 is 2.19 bits per heavy atom. The Kier molecular flexibility index (Phi) is 3.49. The fourth-order valence-corrected chi connectivity index (χ4v) is 1.93. The second-order valence-electron chi connectivity index (χ2n) is 4.84. The summed E-state index contributed by atoms with van der Waals surface area (Å²) in [6.07, 6.45) is 3.90. The van der Waals surface area contributed by atoms with Crippen LogP contribution in [0.2, 0.25) is 0 Å². The average molecular weight is 219 g/mol. The third-order valence-electron chi connectivity index (χ3n) is 3.11. The second-order valence-corrected chi connectivity index (χ2v) is 4.84. The highest BCUT2D eigenvalue weighted by Crippen LogP contribution is 2.34. The highest BCUT2D eigenvalue weighted by molar-refractivity contribution is 5.39. The van der Waals surface area contributed by atoms with Crippen molar-refractivity contribution in [3.8, 4) is 5.75 Å². The topological polar surface area (TPSA) is 35.2 Å². The summed E-state index contributed by atoms with van der Waals surface area (Å²) in [6.45, 7) is 5.08. The molecule has 1 fully saturated rings. The van der Waals surface area contributed by atoms with Crippen molar-refractivity contribution < 1.29 is 4.74 Å². The van der Waals surface area contributed by atoms with Gasteiger partial charge in [-0.15, -0.1) is 0 Å². The van der Waals surface area contributed by atoms with E-state index < -0.39 is 0 Å². The van der Waals surface area contributed by atoms with E-state index >= 15 is 0 Å². The predicted octanol–water partition coefficient (Wildman–Crippen LogP) is 2.99. The molecule has 1 saturated carbocycles. The largest absolute Gasteiger partial charge is 0.490 e. The monoisotopic (exact) mass is 219 g/mol. The van der Waals surface area contributed by atoms with Gasteiger partial charge >= 0.3 is 0 Å². The molecule has 1 aromatic carbocycles. The average Bonchev–Trinajstić information content (AvgIpc) is 3.05. The summed E-state index contributed by atoms with van der Waals surface area (Å²) in [5.74, 6) is 1.55. The SMILES string of the molecule is Cc1ccc(OC2CC2)c(C(C)CCN)c1. The van der Waals surface area contributed by atoms with E-state index in [-0.39, 0.29) is 0 Å². The van der Waals surface area contributed by atoms with Gasteiger partial charge < -0.3 is 10.5 Å². The Morgan fingerprint density at radius 1 is 1.44 bits per heavy atom. The van der Waals surface area contributed by atoms with Crippen LogP contribution in [-0.4, -0.2) is 12.6 Å². The van der Waals surface area contributed by atoms with Crippen LogP contribution >= 0.6 is 0 Å². The minimum absolute atomic E-state index is 0.464. The minimum atomic E-state index is 0.464. The summed E-state index contributed by atoms with van der Waals surface area (Å²) in [7, 11) is 0. The van der Waals surface area contributed by atoms with Gasteiger partial charge in [0.15, 0.2) is 0 Å². The molecule has 1 unspecified atom stereocenters. The first-order chi connectivity index (χ1) is 7.70. The molecule has 16 heavy (non-hydrogen) atoms. The normalized spacial score (nSPS) is 17.2. The number of benzene rings is 1. The summed E-state index contributed by atoms with van der Waals surface area (Å²) in [4.78, 5) is 0. The Balaban J connectivity index is 2.19. The van der Waals surface area contributed by atoms with Gasteiger partial charge in [0.25, 0.3) is 0 Å². The van der Waals surface area contributed by atoms with E-state index in [1.54, 1.807) is 0 Å². The molecule has 1 atom stereocenters. The Labute approximate surface area is 97.8 Å². The summed E-state index contributed by atoms with van der Waals surface area (Å²) in [5.41, 5.74) is 8.24. The van der Waals surface area contributed by atoms with Crippen molar-refractivity contribution >= 4 is 0 Å². The van der Waals surface area contributed by atoms with Gasteiger partial charge in [0, 0.05) is 0 Å². The number of rotatable bonds is 5. The third-order valence-corrected chi connectivity index (χ3v) is 3.11. The third kappa shape index (κ3) is 2.76. The van der Waals surface area contributed by atoms with Gasteiger partial charge in [-0.25, -0.2) is 0 Å². The first kappa shape index (κ1) is 11.5. The van der Waals surface area contributed by atoms with Gasteiger partial charge in [-0.2, -0.15) is 0 Å². The van der Waals surface area contributed by atoms with Crippen LogP contribution in [0.25, 0.3) is 0 Å². The molecule has 1 aliphatic carbocycles. The molecule has 2 heteroatoms. The van der Waals surface area contributed by atoms with Crippen molar-refractivity contribution in [3.05, 3.63) is 29.3 Å². The molecule has 0 heterocycles. The molecular weight excluding hydrogens is 198 g/mol. The highest BCUT2D eigenvalue weighted by Gasteiger charge is 2.25. The molecular formula is C14H21NO. The molecule has 0 aromatic heterocycles. The van der Waals surface area contributed by atoms with Gasteiger partial charge in [-0.3, -0.25) is 0 Å². The van der Waals surface area contributed by atoms with Crippen LogP contribution in [0.1, 0.15) is 43.2 Å². The Bertz CT molecular complexity index is 358. The van der Waals surface area contributed by atoms with Gasteiger partial charge in [-0.1, -0.05) is 24.6 Å². The van der Waals surface area contributed by atoms with Crippen molar-refractivity contribution in [2.24, 2.45) is 5.73 Å². The van der Waals surface area contributed by atoms with Crippen molar-refractivity contribution in [1.82, 2.24) is 0 Å². The number of nitrogens with two attached hydrogens (primary N) is 1. The maximum absolute atomic E-state index is 5.94. The zero-order chi connectivity index (χ0) is 11.5. The fraction of sp³-hybridized carbons (Fsp3) is 0.571. The van der Waals surface area contributed by atoms with Crippen molar-refractivity contribution in [2.75, 3.05) is 6.54 Å². The zero-order valence-corrected chi connectivity index (χ0v) is 10.2. The van der Waals surface area contributed by atoms with E-state index in [2.05, 4.69) is 32.0 Å². The molecule has 2 N–H and O–H groups in total. The number of hydrogen-bond acceptors (Lipinski definition) is 2. The summed E-state index contributed by atoms with van der Waals surface area (Å²) < 4.78 is 5.94. The maximum Gasteiger partial charge on any atom is 0.123 e. The minimum Gasteiger partial charge on any atom is -0.490 e. The first-order valence-corrected chi connectivity index (χ1v) is 6.18. The fourth-order valence-electron chi connectivity index (χ4n) is 1.93. The zero-order valence-electron chi connectivity index (χ0n) is 10.2. The lowest BCUT2D eigenvalue weighted by Crippen LogP contribution is -2.07. The van der Waals surface area contributed by atoms with E-state index in [9.17, 15) is 0 Å². The Hall–Kier alpha value is -1.02.